The van der Waals surface area contributed by atoms with Gasteiger partial charge >= 0.3 is 0 Å². The zero-order valence-electron chi connectivity index (χ0n) is 12.5. The Hall–Kier alpha value is -1.09. The van der Waals surface area contributed by atoms with Crippen LogP contribution in [0, 0.1) is 13.8 Å². The Morgan fingerprint density at radius 3 is 2.11 bits per heavy atom. The highest BCUT2D eigenvalue weighted by Gasteiger charge is 2.39. The van der Waals surface area contributed by atoms with E-state index in [-0.39, 0.29) is 5.04 Å². The molecule has 0 saturated carbocycles. The van der Waals surface area contributed by atoms with Crippen LogP contribution in [-0.4, -0.2) is 14.6 Å². The van der Waals surface area contributed by atoms with Crippen LogP contribution in [0.4, 0.5) is 0 Å². The summed E-state index contributed by atoms with van der Waals surface area (Å²) >= 11 is 0. The number of aldehydes is 1. The van der Waals surface area contributed by atoms with Crippen molar-refractivity contribution < 1.29 is 9.22 Å². The van der Waals surface area contributed by atoms with Crippen molar-refractivity contribution >= 4 is 14.6 Å². The standard InChI is InChI=1S/C15H24O2Si/c1-11-12(2)14(9-8-13(11)10-16)17-18(6,7)15(3,4)5/h8-10H,1-7H3. The van der Waals surface area contributed by atoms with Crippen LogP contribution in [0.2, 0.25) is 18.1 Å². The molecule has 1 rings (SSSR count). The van der Waals surface area contributed by atoms with Gasteiger partial charge in [0.05, 0.1) is 0 Å². The third-order valence-corrected chi connectivity index (χ3v) is 8.42. The summed E-state index contributed by atoms with van der Waals surface area (Å²) in [4.78, 5) is 10.9. The maximum absolute atomic E-state index is 10.9. The van der Waals surface area contributed by atoms with Gasteiger partial charge in [-0.05, 0) is 55.2 Å². The summed E-state index contributed by atoms with van der Waals surface area (Å²) < 4.78 is 6.30. The van der Waals surface area contributed by atoms with Crippen LogP contribution in [0.3, 0.4) is 0 Å². The molecule has 18 heavy (non-hydrogen) atoms. The summed E-state index contributed by atoms with van der Waals surface area (Å²) in [5.41, 5.74) is 2.83. The molecule has 0 aliphatic carbocycles. The lowest BCUT2D eigenvalue weighted by Crippen LogP contribution is -2.44. The van der Waals surface area contributed by atoms with E-state index < -0.39 is 8.32 Å². The average Bonchev–Trinajstić information content (AvgIpc) is 2.23. The lowest BCUT2D eigenvalue weighted by molar-refractivity contribution is 0.112. The van der Waals surface area contributed by atoms with E-state index in [4.69, 9.17) is 4.43 Å². The van der Waals surface area contributed by atoms with E-state index in [0.29, 0.717) is 0 Å². The Morgan fingerprint density at radius 1 is 1.11 bits per heavy atom. The fourth-order valence-corrected chi connectivity index (χ4v) is 2.56. The van der Waals surface area contributed by atoms with Gasteiger partial charge in [-0.25, -0.2) is 0 Å². The van der Waals surface area contributed by atoms with Crippen LogP contribution in [0.5, 0.6) is 5.75 Å². The van der Waals surface area contributed by atoms with Crippen molar-refractivity contribution in [1.29, 1.82) is 0 Å². The van der Waals surface area contributed by atoms with Crippen LogP contribution >= 0.6 is 0 Å². The van der Waals surface area contributed by atoms with Gasteiger partial charge in [-0.2, -0.15) is 0 Å². The Morgan fingerprint density at radius 2 is 1.67 bits per heavy atom. The van der Waals surface area contributed by atoms with Crippen molar-refractivity contribution in [2.45, 2.75) is 52.8 Å². The minimum absolute atomic E-state index is 0.177. The highest BCUT2D eigenvalue weighted by molar-refractivity contribution is 6.74. The molecule has 0 N–H and O–H groups in total. The van der Waals surface area contributed by atoms with E-state index in [2.05, 4.69) is 33.9 Å². The second-order valence-electron chi connectivity index (χ2n) is 6.38. The molecule has 0 saturated heterocycles. The first-order valence-corrected chi connectivity index (χ1v) is 9.25. The summed E-state index contributed by atoms with van der Waals surface area (Å²) in [5.74, 6) is 0.921. The van der Waals surface area contributed by atoms with Gasteiger partial charge in [0.2, 0.25) is 8.32 Å². The first-order valence-electron chi connectivity index (χ1n) is 6.34. The zero-order chi connectivity index (χ0) is 14.1. The van der Waals surface area contributed by atoms with Crippen molar-refractivity contribution in [2.24, 2.45) is 0 Å². The molecular weight excluding hydrogens is 240 g/mol. The van der Waals surface area contributed by atoms with E-state index in [0.717, 1.165) is 28.7 Å². The van der Waals surface area contributed by atoms with Crippen molar-refractivity contribution in [1.82, 2.24) is 0 Å². The second kappa shape index (κ2) is 4.88. The highest BCUT2D eigenvalue weighted by atomic mass is 28.4. The maximum Gasteiger partial charge on any atom is 0.250 e. The molecule has 0 heterocycles. The third kappa shape index (κ3) is 2.83. The van der Waals surface area contributed by atoms with E-state index in [1.54, 1.807) is 0 Å². The van der Waals surface area contributed by atoms with Crippen molar-refractivity contribution in [3.63, 3.8) is 0 Å². The van der Waals surface area contributed by atoms with Crippen LogP contribution in [-0.2, 0) is 0 Å². The summed E-state index contributed by atoms with van der Waals surface area (Å²) in [5, 5.41) is 0.177. The Bertz CT molecular complexity index is 456. The monoisotopic (exact) mass is 264 g/mol. The first-order chi connectivity index (χ1) is 8.10. The minimum atomic E-state index is -1.82. The number of carbonyl (C=O) groups excluding carboxylic acids is 1. The summed E-state index contributed by atoms with van der Waals surface area (Å²) in [6, 6.07) is 3.77. The van der Waals surface area contributed by atoms with E-state index >= 15 is 0 Å². The van der Waals surface area contributed by atoms with Gasteiger partial charge in [0, 0.05) is 5.56 Å². The smallest absolute Gasteiger partial charge is 0.250 e. The lowest BCUT2D eigenvalue weighted by Gasteiger charge is -2.37. The van der Waals surface area contributed by atoms with Gasteiger partial charge in [-0.3, -0.25) is 4.79 Å². The molecule has 0 unspecified atom stereocenters. The van der Waals surface area contributed by atoms with Gasteiger partial charge in [0.1, 0.15) is 12.0 Å². The molecule has 1 aromatic rings. The molecule has 0 fully saturated rings. The van der Waals surface area contributed by atoms with Gasteiger partial charge < -0.3 is 4.43 Å². The molecule has 3 heteroatoms. The van der Waals surface area contributed by atoms with Gasteiger partial charge in [0.15, 0.2) is 0 Å². The Kier molecular flexibility index (Phi) is 4.06. The molecule has 1 aromatic carbocycles. The topological polar surface area (TPSA) is 26.3 Å². The molecule has 100 valence electrons. The third-order valence-electron chi connectivity index (χ3n) is 4.08. The van der Waals surface area contributed by atoms with Crippen molar-refractivity contribution in [3.8, 4) is 5.75 Å². The summed E-state index contributed by atoms with van der Waals surface area (Å²) in [7, 11) is -1.82. The number of hydrogen-bond donors (Lipinski definition) is 0. The maximum atomic E-state index is 10.9. The van der Waals surface area contributed by atoms with Gasteiger partial charge in [-0.15, -0.1) is 0 Å². The quantitative estimate of drug-likeness (QED) is 0.593. The van der Waals surface area contributed by atoms with Crippen LogP contribution in [0.25, 0.3) is 0 Å². The van der Waals surface area contributed by atoms with Gasteiger partial charge in [0.25, 0.3) is 0 Å². The molecule has 0 aliphatic rings. The van der Waals surface area contributed by atoms with Gasteiger partial charge in [-0.1, -0.05) is 20.8 Å². The molecule has 0 aliphatic heterocycles. The fourth-order valence-electron chi connectivity index (χ4n) is 1.48. The molecule has 0 amide bonds. The number of carbonyl (C=O) groups is 1. The molecule has 0 aromatic heterocycles. The van der Waals surface area contributed by atoms with Crippen LogP contribution < -0.4 is 4.43 Å². The molecule has 0 atom stereocenters. The number of hydrogen-bond acceptors (Lipinski definition) is 2. The summed E-state index contributed by atoms with van der Waals surface area (Å²) in [6.07, 6.45) is 0.901. The predicted octanol–water partition coefficient (Wildman–Crippen LogP) is 4.50. The average molecular weight is 264 g/mol. The van der Waals surface area contributed by atoms with Crippen molar-refractivity contribution in [2.75, 3.05) is 0 Å². The molecule has 0 bridgehead atoms. The number of rotatable bonds is 3. The SMILES string of the molecule is Cc1c(C=O)ccc(O[Si](C)(C)C(C)(C)C)c1C. The lowest BCUT2D eigenvalue weighted by atomic mass is 10.0. The van der Waals surface area contributed by atoms with Crippen LogP contribution in [0.15, 0.2) is 12.1 Å². The van der Waals surface area contributed by atoms with Crippen LogP contribution in [0.1, 0.15) is 42.3 Å². The minimum Gasteiger partial charge on any atom is -0.543 e. The van der Waals surface area contributed by atoms with E-state index in [9.17, 15) is 4.79 Å². The van der Waals surface area contributed by atoms with E-state index in [1.807, 2.05) is 26.0 Å². The molecule has 0 radical (unpaired) electrons. The number of benzene rings is 1. The summed E-state index contributed by atoms with van der Waals surface area (Å²) in [6.45, 7) is 15.1. The molecule has 0 spiro atoms. The molecular formula is C15H24O2Si. The first kappa shape index (κ1) is 15.0. The highest BCUT2D eigenvalue weighted by Crippen LogP contribution is 2.38. The Labute approximate surface area is 111 Å². The van der Waals surface area contributed by atoms with Crippen molar-refractivity contribution in [3.05, 3.63) is 28.8 Å². The molecule has 2 nitrogen and oxygen atoms in total. The Balaban J connectivity index is 3.14. The zero-order valence-corrected chi connectivity index (χ0v) is 13.5. The largest absolute Gasteiger partial charge is 0.543 e. The normalized spacial score (nSPS) is 12.4. The second-order valence-corrected chi connectivity index (χ2v) is 11.1. The van der Waals surface area contributed by atoms with E-state index in [1.165, 1.54) is 0 Å². The predicted molar refractivity (Wildman–Crippen MR) is 79.1 cm³/mol. The fraction of sp³-hybridized carbons (Fsp3) is 0.533.